The second-order valence-corrected chi connectivity index (χ2v) is 7.12. The fourth-order valence-electron chi connectivity index (χ4n) is 4.47. The number of aliphatic hydroxyl groups is 1. The van der Waals surface area contributed by atoms with Crippen LogP contribution in [0.4, 0.5) is 0 Å². The molecule has 2 saturated heterocycles. The van der Waals surface area contributed by atoms with E-state index in [9.17, 15) is 5.11 Å². The smallest absolute Gasteiger partial charge is 0.137 e. The van der Waals surface area contributed by atoms with Gasteiger partial charge < -0.3 is 15.6 Å². The van der Waals surface area contributed by atoms with Crippen LogP contribution in [0.5, 0.6) is 5.75 Å². The van der Waals surface area contributed by atoms with E-state index in [2.05, 4.69) is 9.88 Å². The van der Waals surface area contributed by atoms with Crippen molar-refractivity contribution < 1.29 is 9.84 Å². The molecule has 0 amide bonds. The van der Waals surface area contributed by atoms with Crippen LogP contribution >= 0.6 is 0 Å². The molecule has 5 nitrogen and oxygen atoms in total. The number of rotatable bonds is 4. The number of nitrogens with two attached hydrogens (primary N) is 1. The van der Waals surface area contributed by atoms with Crippen LogP contribution < -0.4 is 10.5 Å². The van der Waals surface area contributed by atoms with Gasteiger partial charge in [0.15, 0.2) is 0 Å². The zero-order valence-corrected chi connectivity index (χ0v) is 14.1. The van der Waals surface area contributed by atoms with Gasteiger partial charge in [-0.15, -0.1) is 0 Å². The lowest BCUT2D eigenvalue weighted by Crippen LogP contribution is -2.48. The number of hydrogen-bond acceptors (Lipinski definition) is 5. The van der Waals surface area contributed by atoms with E-state index >= 15 is 0 Å². The fourth-order valence-corrected chi connectivity index (χ4v) is 4.47. The maximum Gasteiger partial charge on any atom is 0.137 e. The van der Waals surface area contributed by atoms with Gasteiger partial charge in [0, 0.05) is 30.1 Å². The van der Waals surface area contributed by atoms with Crippen molar-refractivity contribution in [2.24, 2.45) is 5.73 Å². The maximum atomic E-state index is 10.9. The van der Waals surface area contributed by atoms with Crippen LogP contribution in [0, 0.1) is 0 Å². The van der Waals surface area contributed by atoms with Gasteiger partial charge in [0.2, 0.25) is 0 Å². The summed E-state index contributed by atoms with van der Waals surface area (Å²) in [5.41, 5.74) is 7.96. The van der Waals surface area contributed by atoms with Crippen molar-refractivity contribution in [2.75, 3.05) is 13.7 Å². The van der Waals surface area contributed by atoms with Crippen LogP contribution in [0.2, 0.25) is 0 Å². The number of aromatic nitrogens is 1. The van der Waals surface area contributed by atoms with Crippen LogP contribution in [0.25, 0.3) is 10.9 Å². The molecular formula is C19H25N3O2. The van der Waals surface area contributed by atoms with Gasteiger partial charge in [-0.3, -0.25) is 9.88 Å². The molecule has 2 aliphatic rings. The zero-order chi connectivity index (χ0) is 16.7. The van der Waals surface area contributed by atoms with Crippen molar-refractivity contribution in [3.8, 4) is 5.75 Å². The Balaban J connectivity index is 1.61. The average molecular weight is 327 g/mol. The SMILES string of the molecule is COc1cnc2cccc(C(O)CN3C4CCC3CC(N)C4)c2c1. The number of pyridine rings is 1. The van der Waals surface area contributed by atoms with E-state index in [1.807, 2.05) is 24.3 Å². The second-order valence-electron chi connectivity index (χ2n) is 7.12. The summed E-state index contributed by atoms with van der Waals surface area (Å²) in [6, 6.07) is 9.25. The van der Waals surface area contributed by atoms with Crippen LogP contribution in [-0.4, -0.2) is 46.8 Å². The highest BCUT2D eigenvalue weighted by Crippen LogP contribution is 2.37. The molecule has 0 saturated carbocycles. The topological polar surface area (TPSA) is 71.6 Å². The normalized spacial score (nSPS) is 28.2. The lowest BCUT2D eigenvalue weighted by atomic mass is 9.96. The minimum Gasteiger partial charge on any atom is -0.495 e. The molecule has 2 fully saturated rings. The number of nitrogens with zero attached hydrogens (tertiary/aromatic N) is 2. The van der Waals surface area contributed by atoms with E-state index in [0.717, 1.165) is 29.3 Å². The minimum atomic E-state index is -0.528. The first-order chi connectivity index (χ1) is 11.7. The molecule has 128 valence electrons. The Morgan fingerprint density at radius 2 is 2.08 bits per heavy atom. The Labute approximate surface area is 142 Å². The van der Waals surface area contributed by atoms with Crippen molar-refractivity contribution in [1.82, 2.24) is 9.88 Å². The van der Waals surface area contributed by atoms with E-state index < -0.39 is 6.10 Å². The summed E-state index contributed by atoms with van der Waals surface area (Å²) in [6.45, 7) is 0.665. The van der Waals surface area contributed by atoms with E-state index in [1.54, 1.807) is 13.3 Å². The van der Waals surface area contributed by atoms with Crippen LogP contribution in [0.15, 0.2) is 30.5 Å². The Morgan fingerprint density at radius 1 is 1.33 bits per heavy atom. The quantitative estimate of drug-likeness (QED) is 0.901. The number of fused-ring (bicyclic) bond motifs is 3. The molecule has 2 bridgehead atoms. The summed E-state index contributed by atoms with van der Waals surface area (Å²) >= 11 is 0. The van der Waals surface area contributed by atoms with Crippen molar-refractivity contribution in [1.29, 1.82) is 0 Å². The molecule has 0 radical (unpaired) electrons. The summed E-state index contributed by atoms with van der Waals surface area (Å²) < 4.78 is 5.29. The third-order valence-corrected chi connectivity index (χ3v) is 5.63. The lowest BCUT2D eigenvalue weighted by Gasteiger charge is -2.38. The molecular weight excluding hydrogens is 302 g/mol. The molecule has 24 heavy (non-hydrogen) atoms. The first-order valence-corrected chi connectivity index (χ1v) is 8.77. The van der Waals surface area contributed by atoms with Crippen molar-refractivity contribution >= 4 is 10.9 Å². The molecule has 1 aromatic heterocycles. The molecule has 2 aromatic rings. The van der Waals surface area contributed by atoms with Gasteiger partial charge in [-0.05, 0) is 43.4 Å². The standard InChI is InChI=1S/C19H25N3O2/c1-24-15-9-17-16(3-2-4-18(17)21-10-15)19(23)11-22-13-5-6-14(22)8-12(20)7-13/h2-4,9-10,12-14,19,23H,5-8,11,20H2,1H3. The molecule has 0 spiro atoms. The highest BCUT2D eigenvalue weighted by atomic mass is 16.5. The number of benzene rings is 1. The van der Waals surface area contributed by atoms with E-state index in [1.165, 1.54) is 12.8 Å². The summed E-state index contributed by atoms with van der Waals surface area (Å²) in [7, 11) is 1.64. The third-order valence-electron chi connectivity index (χ3n) is 5.63. The highest BCUT2D eigenvalue weighted by molar-refractivity contribution is 5.83. The molecule has 4 rings (SSSR count). The molecule has 3 atom stereocenters. The Morgan fingerprint density at radius 3 is 2.79 bits per heavy atom. The predicted octanol–water partition coefficient (Wildman–Crippen LogP) is 2.23. The van der Waals surface area contributed by atoms with Crippen molar-refractivity contribution in [3.63, 3.8) is 0 Å². The van der Waals surface area contributed by atoms with Gasteiger partial charge in [0.1, 0.15) is 5.75 Å². The van der Waals surface area contributed by atoms with Gasteiger partial charge in [0.25, 0.3) is 0 Å². The van der Waals surface area contributed by atoms with E-state index in [4.69, 9.17) is 10.5 Å². The average Bonchev–Trinajstić information content (AvgIpc) is 2.83. The Hall–Kier alpha value is -1.69. The molecule has 5 heteroatoms. The minimum absolute atomic E-state index is 0.321. The first-order valence-electron chi connectivity index (χ1n) is 8.77. The fraction of sp³-hybridized carbons (Fsp3) is 0.526. The summed E-state index contributed by atoms with van der Waals surface area (Å²) in [6.07, 6.45) is 5.69. The highest BCUT2D eigenvalue weighted by Gasteiger charge is 2.40. The van der Waals surface area contributed by atoms with Gasteiger partial charge in [-0.25, -0.2) is 0 Å². The first kappa shape index (κ1) is 15.8. The molecule has 2 aliphatic heterocycles. The molecule has 3 N–H and O–H groups in total. The van der Waals surface area contributed by atoms with E-state index in [0.29, 0.717) is 30.4 Å². The monoisotopic (exact) mass is 327 g/mol. The third kappa shape index (κ3) is 2.77. The molecule has 3 heterocycles. The summed E-state index contributed by atoms with van der Waals surface area (Å²) in [5, 5.41) is 11.9. The van der Waals surface area contributed by atoms with Gasteiger partial charge in [-0.1, -0.05) is 12.1 Å². The van der Waals surface area contributed by atoms with Gasteiger partial charge in [0.05, 0.1) is 24.9 Å². The van der Waals surface area contributed by atoms with E-state index in [-0.39, 0.29) is 0 Å². The number of hydrogen-bond donors (Lipinski definition) is 2. The molecule has 1 aromatic carbocycles. The largest absolute Gasteiger partial charge is 0.495 e. The van der Waals surface area contributed by atoms with Crippen molar-refractivity contribution in [3.05, 3.63) is 36.0 Å². The summed E-state index contributed by atoms with van der Waals surface area (Å²) in [4.78, 5) is 6.90. The number of methoxy groups -OCH3 is 1. The maximum absolute atomic E-state index is 10.9. The predicted molar refractivity (Wildman–Crippen MR) is 94.0 cm³/mol. The van der Waals surface area contributed by atoms with Crippen LogP contribution in [-0.2, 0) is 0 Å². The van der Waals surface area contributed by atoms with Crippen LogP contribution in [0.1, 0.15) is 37.4 Å². The molecule has 3 unspecified atom stereocenters. The number of aliphatic hydroxyl groups excluding tert-OH is 1. The zero-order valence-electron chi connectivity index (χ0n) is 14.1. The Bertz CT molecular complexity index is 722. The van der Waals surface area contributed by atoms with Crippen molar-refractivity contribution in [2.45, 2.75) is 49.9 Å². The van der Waals surface area contributed by atoms with Crippen LogP contribution in [0.3, 0.4) is 0 Å². The van der Waals surface area contributed by atoms with Gasteiger partial charge >= 0.3 is 0 Å². The number of piperidine rings is 1. The number of ether oxygens (including phenoxy) is 1. The molecule has 0 aliphatic carbocycles. The van der Waals surface area contributed by atoms with Gasteiger partial charge in [-0.2, -0.15) is 0 Å². The second kappa shape index (κ2) is 6.31. The lowest BCUT2D eigenvalue weighted by molar-refractivity contribution is 0.0572. The summed E-state index contributed by atoms with van der Waals surface area (Å²) in [5.74, 6) is 0.714. The Kier molecular flexibility index (Phi) is 4.16.